The lowest BCUT2D eigenvalue weighted by Crippen LogP contribution is -2.06. The van der Waals surface area contributed by atoms with E-state index < -0.39 is 14.0 Å². The van der Waals surface area contributed by atoms with Crippen LogP contribution in [0.5, 0.6) is 0 Å². The summed E-state index contributed by atoms with van der Waals surface area (Å²) in [5.41, 5.74) is 0.806. The molecule has 0 atom stereocenters. The van der Waals surface area contributed by atoms with Gasteiger partial charge in [-0.3, -0.25) is 10.1 Å². The monoisotopic (exact) mass is 305 g/mol. The molecule has 5 nitrogen and oxygen atoms in total. The Bertz CT molecular complexity index is 608. The second-order valence-electron chi connectivity index (χ2n) is 4.95. The van der Waals surface area contributed by atoms with Crippen molar-refractivity contribution in [2.75, 3.05) is 0 Å². The van der Waals surface area contributed by atoms with Gasteiger partial charge in [-0.15, -0.1) is 0 Å². The van der Waals surface area contributed by atoms with Crippen molar-refractivity contribution < 1.29 is 13.3 Å². The molecule has 0 aliphatic rings. The highest BCUT2D eigenvalue weighted by Gasteiger charge is 2.26. The van der Waals surface area contributed by atoms with E-state index in [-0.39, 0.29) is 22.4 Å². The lowest BCUT2D eigenvalue weighted by molar-refractivity contribution is -0.385. The predicted molar refractivity (Wildman–Crippen MR) is 74.3 cm³/mol. The van der Waals surface area contributed by atoms with E-state index in [2.05, 4.69) is 0 Å². The van der Waals surface area contributed by atoms with Gasteiger partial charge in [0, 0.05) is 22.3 Å². The van der Waals surface area contributed by atoms with Crippen molar-refractivity contribution in [3.8, 4) is 0 Å². The molecule has 0 amide bonds. The largest absolute Gasteiger partial charge is 0.274 e. The number of hydrogen-bond donors (Lipinski definition) is 0. The molecule has 0 bridgehead atoms. The molecular formula is C12H16ClNO4S. The Kier molecular flexibility index (Phi) is 4.58. The van der Waals surface area contributed by atoms with Crippen LogP contribution in [0.15, 0.2) is 17.0 Å². The van der Waals surface area contributed by atoms with Gasteiger partial charge in [-0.2, -0.15) is 0 Å². The summed E-state index contributed by atoms with van der Waals surface area (Å²) in [5, 5.41) is 11.1. The first-order chi connectivity index (χ1) is 8.55. The molecule has 19 heavy (non-hydrogen) atoms. The zero-order valence-electron chi connectivity index (χ0n) is 11.2. The Labute approximate surface area is 117 Å². The Hall–Kier alpha value is -1.14. The van der Waals surface area contributed by atoms with Crippen molar-refractivity contribution in [2.24, 2.45) is 0 Å². The molecule has 0 heterocycles. The Morgan fingerprint density at radius 3 is 1.89 bits per heavy atom. The molecule has 0 aliphatic carbocycles. The standard InChI is InChI=1S/C12H16ClNO4S/c1-7(2)9-5-10(8(3)4)12(19(13,17)18)6-11(9)14(15)16/h5-8H,1-4H3. The van der Waals surface area contributed by atoms with Gasteiger partial charge in [0.2, 0.25) is 0 Å². The molecule has 106 valence electrons. The van der Waals surface area contributed by atoms with E-state index in [1.165, 1.54) is 0 Å². The molecule has 0 radical (unpaired) electrons. The second-order valence-corrected chi connectivity index (χ2v) is 7.49. The lowest BCUT2D eigenvalue weighted by Gasteiger charge is -2.15. The molecule has 0 aromatic heterocycles. The van der Waals surface area contributed by atoms with Crippen LogP contribution in [0, 0.1) is 10.1 Å². The number of rotatable bonds is 4. The molecule has 1 rings (SSSR count). The minimum Gasteiger partial charge on any atom is -0.258 e. The van der Waals surface area contributed by atoms with Crippen LogP contribution in [0.1, 0.15) is 50.7 Å². The minimum absolute atomic E-state index is 0.0787. The number of nitro benzene ring substituents is 1. The average molecular weight is 306 g/mol. The van der Waals surface area contributed by atoms with E-state index in [1.807, 2.05) is 27.7 Å². The normalized spacial score (nSPS) is 12.2. The number of hydrogen-bond acceptors (Lipinski definition) is 4. The van der Waals surface area contributed by atoms with Gasteiger partial charge in [-0.1, -0.05) is 27.7 Å². The quantitative estimate of drug-likeness (QED) is 0.482. The summed E-state index contributed by atoms with van der Waals surface area (Å²) in [4.78, 5) is 10.3. The summed E-state index contributed by atoms with van der Waals surface area (Å²) in [5.74, 6) is -0.174. The fourth-order valence-electron chi connectivity index (χ4n) is 1.89. The smallest absolute Gasteiger partial charge is 0.258 e. The Morgan fingerprint density at radius 2 is 1.58 bits per heavy atom. The topological polar surface area (TPSA) is 77.3 Å². The third-order valence-corrected chi connectivity index (χ3v) is 4.24. The summed E-state index contributed by atoms with van der Waals surface area (Å²) in [6.45, 7) is 7.27. The number of halogens is 1. The van der Waals surface area contributed by atoms with Gasteiger partial charge >= 0.3 is 0 Å². The highest BCUT2D eigenvalue weighted by atomic mass is 35.7. The van der Waals surface area contributed by atoms with Crippen molar-refractivity contribution in [1.29, 1.82) is 0 Å². The van der Waals surface area contributed by atoms with Gasteiger partial charge in [0.15, 0.2) is 0 Å². The average Bonchev–Trinajstić information content (AvgIpc) is 2.25. The molecule has 0 N–H and O–H groups in total. The van der Waals surface area contributed by atoms with Crippen LogP contribution in [-0.2, 0) is 9.05 Å². The fourth-order valence-corrected chi connectivity index (χ4v) is 3.12. The highest BCUT2D eigenvalue weighted by molar-refractivity contribution is 8.13. The maximum absolute atomic E-state index is 11.6. The van der Waals surface area contributed by atoms with Crippen molar-refractivity contribution in [3.63, 3.8) is 0 Å². The predicted octanol–water partition coefficient (Wildman–Crippen LogP) is 3.77. The molecular weight excluding hydrogens is 290 g/mol. The van der Waals surface area contributed by atoms with Crippen molar-refractivity contribution >= 4 is 25.4 Å². The van der Waals surface area contributed by atoms with Gasteiger partial charge in [-0.25, -0.2) is 8.42 Å². The lowest BCUT2D eigenvalue weighted by atomic mass is 9.94. The second kappa shape index (κ2) is 5.46. The summed E-state index contributed by atoms with van der Waals surface area (Å²) in [6.07, 6.45) is 0. The third-order valence-electron chi connectivity index (χ3n) is 2.86. The summed E-state index contributed by atoms with van der Waals surface area (Å²) in [6, 6.07) is 2.63. The summed E-state index contributed by atoms with van der Waals surface area (Å²) < 4.78 is 23.1. The summed E-state index contributed by atoms with van der Waals surface area (Å²) in [7, 11) is 1.36. The fraction of sp³-hybridized carbons (Fsp3) is 0.500. The van der Waals surface area contributed by atoms with Crippen LogP contribution in [0.25, 0.3) is 0 Å². The van der Waals surface area contributed by atoms with Gasteiger partial charge < -0.3 is 0 Å². The van der Waals surface area contributed by atoms with E-state index in [9.17, 15) is 18.5 Å². The number of nitro groups is 1. The molecule has 0 saturated heterocycles. The van der Waals surface area contributed by atoms with Gasteiger partial charge in [0.05, 0.1) is 9.82 Å². The maximum atomic E-state index is 11.6. The zero-order valence-corrected chi connectivity index (χ0v) is 12.7. The van der Waals surface area contributed by atoms with Crippen molar-refractivity contribution in [1.82, 2.24) is 0 Å². The maximum Gasteiger partial charge on any atom is 0.274 e. The van der Waals surface area contributed by atoms with Crippen molar-refractivity contribution in [3.05, 3.63) is 33.4 Å². The van der Waals surface area contributed by atoms with Gasteiger partial charge in [0.25, 0.3) is 14.7 Å². The first-order valence-corrected chi connectivity index (χ1v) is 8.13. The first-order valence-electron chi connectivity index (χ1n) is 5.82. The van der Waals surface area contributed by atoms with Crippen LogP contribution < -0.4 is 0 Å². The molecule has 0 unspecified atom stereocenters. The van der Waals surface area contributed by atoms with Crippen LogP contribution >= 0.6 is 10.7 Å². The van der Waals surface area contributed by atoms with Crippen molar-refractivity contribution in [2.45, 2.75) is 44.4 Å². The van der Waals surface area contributed by atoms with Crippen LogP contribution in [0.3, 0.4) is 0 Å². The number of benzene rings is 1. The molecule has 0 saturated carbocycles. The van der Waals surface area contributed by atoms with Crippen LogP contribution in [0.4, 0.5) is 5.69 Å². The van der Waals surface area contributed by atoms with E-state index in [4.69, 9.17) is 10.7 Å². The van der Waals surface area contributed by atoms with E-state index in [0.717, 1.165) is 6.07 Å². The molecule has 1 aromatic rings. The van der Waals surface area contributed by atoms with Gasteiger partial charge in [-0.05, 0) is 23.5 Å². The van der Waals surface area contributed by atoms with E-state index >= 15 is 0 Å². The molecule has 0 spiro atoms. The Morgan fingerprint density at radius 1 is 1.11 bits per heavy atom. The molecule has 7 heteroatoms. The zero-order chi connectivity index (χ0) is 15.0. The third kappa shape index (κ3) is 3.45. The summed E-state index contributed by atoms with van der Waals surface area (Å²) >= 11 is 0. The molecule has 0 fully saturated rings. The van der Waals surface area contributed by atoms with E-state index in [1.54, 1.807) is 6.07 Å². The van der Waals surface area contributed by atoms with Crippen LogP contribution in [-0.4, -0.2) is 13.3 Å². The molecule has 0 aliphatic heterocycles. The van der Waals surface area contributed by atoms with Crippen LogP contribution in [0.2, 0.25) is 0 Å². The number of nitrogens with zero attached hydrogens (tertiary/aromatic N) is 1. The highest BCUT2D eigenvalue weighted by Crippen LogP contribution is 2.36. The Balaban J connectivity index is 3.75. The van der Waals surface area contributed by atoms with Gasteiger partial charge in [0.1, 0.15) is 0 Å². The first kappa shape index (κ1) is 15.9. The SMILES string of the molecule is CC(C)c1cc(C(C)C)c(S(=O)(=O)Cl)cc1[N+](=O)[O-]. The van der Waals surface area contributed by atoms with E-state index in [0.29, 0.717) is 11.1 Å². The minimum atomic E-state index is -4.01. The molecule has 1 aromatic carbocycles.